The zero-order chi connectivity index (χ0) is 15.9. The SMILES string of the molecule is O=C(NCCN[C@@H]1[C@@H]2CCO[C@@H]2C12CCC2)c1ccccc1F. The molecule has 1 saturated heterocycles. The van der Waals surface area contributed by atoms with Crippen molar-refractivity contribution in [2.24, 2.45) is 11.3 Å². The predicted molar refractivity (Wildman–Crippen MR) is 84.7 cm³/mol. The monoisotopic (exact) mass is 318 g/mol. The van der Waals surface area contributed by atoms with Gasteiger partial charge in [0.25, 0.3) is 5.91 Å². The van der Waals surface area contributed by atoms with E-state index in [1.807, 2.05) is 0 Å². The van der Waals surface area contributed by atoms with E-state index in [-0.39, 0.29) is 11.5 Å². The molecule has 3 aliphatic rings. The van der Waals surface area contributed by atoms with Gasteiger partial charge in [0.15, 0.2) is 0 Å². The number of hydrogen-bond donors (Lipinski definition) is 2. The highest BCUT2D eigenvalue weighted by atomic mass is 19.1. The number of ether oxygens (including phenoxy) is 1. The Morgan fingerprint density at radius 3 is 2.87 bits per heavy atom. The molecular formula is C18H23FN2O2. The van der Waals surface area contributed by atoms with Gasteiger partial charge in [-0.3, -0.25) is 4.79 Å². The smallest absolute Gasteiger partial charge is 0.254 e. The van der Waals surface area contributed by atoms with Crippen LogP contribution in [0.15, 0.2) is 24.3 Å². The van der Waals surface area contributed by atoms with Crippen molar-refractivity contribution in [1.82, 2.24) is 10.6 Å². The molecule has 4 nitrogen and oxygen atoms in total. The van der Waals surface area contributed by atoms with Crippen LogP contribution in [-0.4, -0.2) is 37.7 Å². The van der Waals surface area contributed by atoms with E-state index >= 15 is 0 Å². The summed E-state index contributed by atoms with van der Waals surface area (Å²) in [6.45, 7) is 2.12. The van der Waals surface area contributed by atoms with Gasteiger partial charge in [0, 0.05) is 37.1 Å². The van der Waals surface area contributed by atoms with Crippen molar-refractivity contribution in [3.63, 3.8) is 0 Å². The lowest BCUT2D eigenvalue weighted by molar-refractivity contribution is -0.175. The Bertz CT molecular complexity index is 602. The van der Waals surface area contributed by atoms with E-state index in [1.54, 1.807) is 12.1 Å². The average Bonchev–Trinajstić information content (AvgIpc) is 2.91. The van der Waals surface area contributed by atoms with Crippen molar-refractivity contribution < 1.29 is 13.9 Å². The van der Waals surface area contributed by atoms with Gasteiger partial charge in [-0.25, -0.2) is 4.39 Å². The minimum atomic E-state index is -0.476. The third kappa shape index (κ3) is 2.37. The Morgan fingerprint density at radius 2 is 2.13 bits per heavy atom. The van der Waals surface area contributed by atoms with Crippen molar-refractivity contribution in [2.45, 2.75) is 37.8 Å². The number of rotatable bonds is 5. The highest BCUT2D eigenvalue weighted by Crippen LogP contribution is 2.62. The largest absolute Gasteiger partial charge is 0.377 e. The Kier molecular flexibility index (Phi) is 3.85. The number of halogens is 1. The van der Waals surface area contributed by atoms with Gasteiger partial charge in [0.05, 0.1) is 11.7 Å². The van der Waals surface area contributed by atoms with Crippen LogP contribution in [0.1, 0.15) is 36.0 Å². The molecule has 2 N–H and O–H groups in total. The molecule has 4 rings (SSSR count). The number of nitrogens with one attached hydrogen (secondary N) is 2. The molecule has 1 amide bonds. The number of amides is 1. The van der Waals surface area contributed by atoms with Crippen LogP contribution in [0, 0.1) is 17.2 Å². The normalized spacial score (nSPS) is 30.4. The summed E-state index contributed by atoms with van der Waals surface area (Å²) in [5.41, 5.74) is 0.465. The first-order chi connectivity index (χ1) is 11.2. The maximum Gasteiger partial charge on any atom is 0.254 e. The van der Waals surface area contributed by atoms with Gasteiger partial charge < -0.3 is 15.4 Å². The Labute approximate surface area is 135 Å². The second kappa shape index (κ2) is 5.87. The number of hydrogen-bond acceptors (Lipinski definition) is 3. The van der Waals surface area contributed by atoms with Gasteiger partial charge in [-0.05, 0) is 31.4 Å². The first kappa shape index (κ1) is 15.1. The van der Waals surface area contributed by atoms with Gasteiger partial charge in [-0.15, -0.1) is 0 Å². The molecule has 0 aromatic heterocycles. The lowest BCUT2D eigenvalue weighted by atomic mass is 9.46. The average molecular weight is 318 g/mol. The van der Waals surface area contributed by atoms with Crippen molar-refractivity contribution in [3.8, 4) is 0 Å². The second-order valence-electron chi connectivity index (χ2n) is 7.00. The van der Waals surface area contributed by atoms with Gasteiger partial charge in [-0.1, -0.05) is 18.6 Å². The molecule has 2 saturated carbocycles. The standard InChI is InChI=1S/C18H23FN2O2/c19-14-5-2-1-4-12(14)17(22)21-10-9-20-15-13-6-11-23-16(13)18(15)7-3-8-18/h1-2,4-5,13,15-16,20H,3,6-11H2,(H,21,22)/t13-,15+,16-/m0/s1. The molecule has 1 spiro atoms. The summed E-state index contributed by atoms with van der Waals surface area (Å²) < 4.78 is 19.5. The Balaban J connectivity index is 1.26. The molecule has 5 heteroatoms. The van der Waals surface area contributed by atoms with Crippen molar-refractivity contribution in [2.75, 3.05) is 19.7 Å². The van der Waals surface area contributed by atoms with E-state index in [1.165, 1.54) is 31.4 Å². The quantitative estimate of drug-likeness (QED) is 0.818. The predicted octanol–water partition coefficient (Wildman–Crippen LogP) is 2.10. The Hall–Kier alpha value is -1.46. The minimum absolute atomic E-state index is 0.107. The van der Waals surface area contributed by atoms with E-state index in [0.717, 1.165) is 19.6 Å². The summed E-state index contributed by atoms with van der Waals surface area (Å²) in [4.78, 5) is 12.0. The van der Waals surface area contributed by atoms with Crippen molar-refractivity contribution in [1.29, 1.82) is 0 Å². The molecule has 2 aliphatic carbocycles. The summed E-state index contributed by atoms with van der Waals surface area (Å²) in [6, 6.07) is 6.60. The van der Waals surface area contributed by atoms with Crippen molar-refractivity contribution in [3.05, 3.63) is 35.6 Å². The van der Waals surface area contributed by atoms with Crippen LogP contribution in [0.4, 0.5) is 4.39 Å². The molecule has 0 bridgehead atoms. The number of fused-ring (bicyclic) bond motifs is 2. The molecule has 23 heavy (non-hydrogen) atoms. The summed E-state index contributed by atoms with van der Waals surface area (Å²) in [6.07, 6.45) is 5.42. The van der Waals surface area contributed by atoms with E-state index in [9.17, 15) is 9.18 Å². The van der Waals surface area contributed by atoms with Crippen LogP contribution in [0.25, 0.3) is 0 Å². The lowest BCUT2D eigenvalue weighted by Gasteiger charge is -2.63. The topological polar surface area (TPSA) is 50.4 Å². The molecule has 124 valence electrons. The van der Waals surface area contributed by atoms with E-state index in [4.69, 9.17) is 4.74 Å². The summed E-state index contributed by atoms with van der Waals surface area (Å²) in [5, 5.41) is 6.41. The molecule has 0 radical (unpaired) electrons. The lowest BCUT2D eigenvalue weighted by Crippen LogP contribution is -2.71. The molecule has 1 aliphatic heterocycles. The fourth-order valence-corrected chi connectivity index (χ4v) is 4.70. The van der Waals surface area contributed by atoms with Gasteiger partial charge in [-0.2, -0.15) is 0 Å². The van der Waals surface area contributed by atoms with Crippen LogP contribution >= 0.6 is 0 Å². The molecular weight excluding hydrogens is 295 g/mol. The van der Waals surface area contributed by atoms with E-state index in [2.05, 4.69) is 10.6 Å². The minimum Gasteiger partial charge on any atom is -0.377 e. The maximum atomic E-state index is 13.6. The first-order valence-electron chi connectivity index (χ1n) is 8.60. The molecule has 0 unspecified atom stereocenters. The van der Waals surface area contributed by atoms with Gasteiger partial charge in [0.2, 0.25) is 0 Å². The molecule has 1 heterocycles. The fraction of sp³-hybridized carbons (Fsp3) is 0.611. The summed E-state index contributed by atoms with van der Waals surface area (Å²) in [7, 11) is 0. The van der Waals surface area contributed by atoms with Crippen LogP contribution in [0.5, 0.6) is 0 Å². The van der Waals surface area contributed by atoms with Crippen LogP contribution in [-0.2, 0) is 4.74 Å². The zero-order valence-electron chi connectivity index (χ0n) is 13.2. The second-order valence-corrected chi connectivity index (χ2v) is 7.00. The first-order valence-corrected chi connectivity index (χ1v) is 8.60. The molecule has 3 fully saturated rings. The van der Waals surface area contributed by atoms with Crippen LogP contribution in [0.2, 0.25) is 0 Å². The van der Waals surface area contributed by atoms with Crippen molar-refractivity contribution >= 4 is 5.91 Å². The fourth-order valence-electron chi connectivity index (χ4n) is 4.70. The van der Waals surface area contributed by atoms with Gasteiger partial charge >= 0.3 is 0 Å². The molecule has 1 aromatic rings. The van der Waals surface area contributed by atoms with E-state index < -0.39 is 5.82 Å². The third-order valence-electron chi connectivity index (χ3n) is 5.93. The highest BCUT2D eigenvalue weighted by molar-refractivity contribution is 5.94. The summed E-state index contributed by atoms with van der Waals surface area (Å²) >= 11 is 0. The van der Waals surface area contributed by atoms with Crippen LogP contribution in [0.3, 0.4) is 0 Å². The number of carbonyl (C=O) groups is 1. The van der Waals surface area contributed by atoms with Gasteiger partial charge in [0.1, 0.15) is 5.82 Å². The Morgan fingerprint density at radius 1 is 1.30 bits per heavy atom. The maximum absolute atomic E-state index is 13.6. The summed E-state index contributed by atoms with van der Waals surface area (Å²) in [5.74, 6) is -0.187. The zero-order valence-corrected chi connectivity index (χ0v) is 13.2. The highest BCUT2D eigenvalue weighted by Gasteiger charge is 2.66. The molecule has 3 atom stereocenters. The number of carbonyl (C=O) groups excluding carboxylic acids is 1. The molecule has 1 aromatic carbocycles. The van der Waals surface area contributed by atoms with Crippen LogP contribution < -0.4 is 10.6 Å². The third-order valence-corrected chi connectivity index (χ3v) is 5.93. The number of benzene rings is 1. The van der Waals surface area contributed by atoms with E-state index in [0.29, 0.717) is 30.0 Å².